The molecule has 0 spiro atoms. The van der Waals surface area contributed by atoms with Crippen molar-refractivity contribution in [1.29, 1.82) is 0 Å². The number of oxazole rings is 1. The van der Waals surface area contributed by atoms with Gasteiger partial charge in [-0.25, -0.2) is 32.6 Å². The Labute approximate surface area is 297 Å². The third-order valence-corrected chi connectivity index (χ3v) is 10.9. The minimum atomic E-state index is -4.17. The minimum Gasteiger partial charge on any atom is -0.438 e. The number of fused-ring (bicyclic) bond motifs is 1. The van der Waals surface area contributed by atoms with Crippen LogP contribution in [0.3, 0.4) is 0 Å². The molecule has 4 unspecified atom stereocenters. The summed E-state index contributed by atoms with van der Waals surface area (Å²) in [6.07, 6.45) is -0.535. The smallest absolute Gasteiger partial charge is 0.434 e. The lowest BCUT2D eigenvalue weighted by Crippen LogP contribution is -2.70. The minimum absolute atomic E-state index is 0.0492. The molecule has 0 saturated carbocycles. The van der Waals surface area contributed by atoms with Gasteiger partial charge in [0, 0.05) is 24.0 Å². The van der Waals surface area contributed by atoms with Gasteiger partial charge in [0.1, 0.15) is 17.6 Å². The molecule has 5 amide bonds. The van der Waals surface area contributed by atoms with Gasteiger partial charge in [0.05, 0.1) is 17.5 Å². The number of hydrogen-bond acceptors (Lipinski definition) is 10. The zero-order valence-electron chi connectivity index (χ0n) is 29.2. The number of nitrogens with one attached hydrogen (secondary N) is 1. The van der Waals surface area contributed by atoms with Crippen LogP contribution in [0.2, 0.25) is 0 Å². The Kier molecular flexibility index (Phi) is 10.9. The lowest BCUT2D eigenvalue weighted by Gasteiger charge is -2.42. The molecule has 51 heavy (non-hydrogen) atoms. The van der Waals surface area contributed by atoms with E-state index in [0.717, 1.165) is 4.90 Å². The molecule has 1 fully saturated rings. The van der Waals surface area contributed by atoms with Crippen molar-refractivity contribution in [3.8, 4) is 0 Å². The summed E-state index contributed by atoms with van der Waals surface area (Å²) in [6, 6.07) is 15.7. The number of nitrogens with two attached hydrogens (primary N) is 1. The molecular formula is C37H44N5O8S+. The summed E-state index contributed by atoms with van der Waals surface area (Å²) in [5, 5.41) is 11.9. The predicted octanol–water partition coefficient (Wildman–Crippen LogP) is 4.78. The molecule has 0 bridgehead atoms. The average molecular weight is 719 g/mol. The van der Waals surface area contributed by atoms with Crippen LogP contribution in [0.15, 0.2) is 88.2 Å². The van der Waals surface area contributed by atoms with Crippen molar-refractivity contribution in [2.24, 2.45) is 17.6 Å². The van der Waals surface area contributed by atoms with Crippen LogP contribution in [-0.2, 0) is 14.8 Å². The van der Waals surface area contributed by atoms with Gasteiger partial charge in [0.15, 0.2) is 11.7 Å². The van der Waals surface area contributed by atoms with Gasteiger partial charge >= 0.3 is 11.9 Å². The van der Waals surface area contributed by atoms with Crippen LogP contribution in [-0.4, -0.2) is 76.3 Å². The van der Waals surface area contributed by atoms with Gasteiger partial charge in [-0.1, -0.05) is 58.0 Å². The molecular weight excluding hydrogens is 675 g/mol. The monoisotopic (exact) mass is 718 g/mol. The fraction of sp³-hybridized carbons (Fsp3) is 0.378. The van der Waals surface area contributed by atoms with Crippen molar-refractivity contribution in [1.82, 2.24) is 14.6 Å². The molecule has 14 heteroatoms. The van der Waals surface area contributed by atoms with Gasteiger partial charge in [0.25, 0.3) is 21.8 Å². The molecule has 5 atom stereocenters. The summed E-state index contributed by atoms with van der Waals surface area (Å²) >= 11 is 0. The van der Waals surface area contributed by atoms with Crippen molar-refractivity contribution in [3.63, 3.8) is 0 Å². The number of amides is 5. The van der Waals surface area contributed by atoms with E-state index < -0.39 is 68.4 Å². The lowest BCUT2D eigenvalue weighted by atomic mass is 9.95. The number of carbonyl (C=O) groups excluding carboxylic acids is 4. The standard InChI is InChI=1S/C37H43N5O8S/c1-22(2)30(38)36(46)42(21-11-12-24(42)5)37(47)41(31(23(3)4)32(43)34-39-28-15-9-10-16-29(28)50-34)35(45)26-19-17-25(18-20-26)33(44)40-51(48,49)27-13-7-6-8-14-27/h6-10,13-20,22-24,30-32,43H,11-12,21,38H2,1-5H3/p+1/t24?,30?,31?,32?,42-/m0/s1. The number of benzene rings is 3. The number of likely N-dealkylation sites (tertiary alicyclic amines) is 1. The first-order valence-electron chi connectivity index (χ1n) is 16.9. The molecule has 1 aliphatic rings. The summed E-state index contributed by atoms with van der Waals surface area (Å²) in [4.78, 5) is 62.2. The van der Waals surface area contributed by atoms with E-state index in [9.17, 15) is 27.9 Å². The third kappa shape index (κ3) is 7.22. The van der Waals surface area contributed by atoms with E-state index in [4.69, 9.17) is 10.2 Å². The second-order valence-corrected chi connectivity index (χ2v) is 15.4. The van der Waals surface area contributed by atoms with E-state index in [2.05, 4.69) is 4.98 Å². The van der Waals surface area contributed by atoms with Gasteiger partial charge in [-0.3, -0.25) is 9.59 Å². The maximum Gasteiger partial charge on any atom is 0.434 e. The Morgan fingerprint density at radius 3 is 2.10 bits per heavy atom. The largest absolute Gasteiger partial charge is 0.438 e. The zero-order valence-corrected chi connectivity index (χ0v) is 30.0. The van der Waals surface area contributed by atoms with Crippen molar-refractivity contribution < 1.29 is 41.6 Å². The Morgan fingerprint density at radius 1 is 0.922 bits per heavy atom. The molecule has 1 aliphatic heterocycles. The summed E-state index contributed by atoms with van der Waals surface area (Å²) in [7, 11) is -4.17. The van der Waals surface area contributed by atoms with Gasteiger partial charge in [0.2, 0.25) is 5.89 Å². The highest BCUT2D eigenvalue weighted by Gasteiger charge is 2.59. The summed E-state index contributed by atoms with van der Waals surface area (Å²) in [5.74, 6) is -3.28. The number of hydrogen-bond donors (Lipinski definition) is 3. The number of nitrogens with zero attached hydrogens (tertiary/aromatic N) is 3. The van der Waals surface area contributed by atoms with Crippen molar-refractivity contribution in [2.75, 3.05) is 6.54 Å². The molecule has 4 N–H and O–H groups in total. The number of quaternary nitrogens is 1. The molecule has 1 saturated heterocycles. The first-order valence-corrected chi connectivity index (χ1v) is 18.4. The first kappa shape index (κ1) is 37.5. The van der Waals surface area contributed by atoms with Crippen molar-refractivity contribution >= 4 is 44.9 Å². The summed E-state index contributed by atoms with van der Waals surface area (Å²) in [5.41, 5.74) is 7.15. The number of urea groups is 1. The number of rotatable bonds is 10. The molecule has 1 aromatic heterocycles. The topological polar surface area (TPSA) is 190 Å². The van der Waals surface area contributed by atoms with Gasteiger partial charge in [-0.05, 0) is 67.3 Å². The van der Waals surface area contributed by atoms with Crippen LogP contribution in [0.25, 0.3) is 11.1 Å². The number of para-hydroxylation sites is 2. The number of carbonyl (C=O) groups is 4. The van der Waals surface area contributed by atoms with Crippen LogP contribution >= 0.6 is 0 Å². The second-order valence-electron chi connectivity index (χ2n) is 13.7. The highest BCUT2D eigenvalue weighted by Crippen LogP contribution is 2.36. The van der Waals surface area contributed by atoms with E-state index >= 15 is 4.79 Å². The van der Waals surface area contributed by atoms with E-state index in [1.165, 1.54) is 48.5 Å². The maximum absolute atomic E-state index is 15.1. The van der Waals surface area contributed by atoms with Crippen molar-refractivity contribution in [3.05, 3.63) is 95.9 Å². The third-order valence-electron chi connectivity index (χ3n) is 9.59. The van der Waals surface area contributed by atoms with Crippen LogP contribution in [0.5, 0.6) is 0 Å². The van der Waals surface area contributed by atoms with E-state index in [-0.39, 0.29) is 34.4 Å². The van der Waals surface area contributed by atoms with E-state index in [0.29, 0.717) is 23.9 Å². The van der Waals surface area contributed by atoms with E-state index in [1.54, 1.807) is 65.0 Å². The highest BCUT2D eigenvalue weighted by atomic mass is 32.2. The highest BCUT2D eigenvalue weighted by molar-refractivity contribution is 7.90. The van der Waals surface area contributed by atoms with Gasteiger partial charge in [-0.15, -0.1) is 0 Å². The number of sulfonamides is 1. The Balaban J connectivity index is 1.57. The average Bonchev–Trinajstić information content (AvgIpc) is 3.73. The van der Waals surface area contributed by atoms with Crippen LogP contribution in [0.4, 0.5) is 4.79 Å². The molecule has 270 valence electrons. The fourth-order valence-corrected chi connectivity index (χ4v) is 7.58. The zero-order chi connectivity index (χ0) is 37.2. The number of aromatic nitrogens is 1. The first-order chi connectivity index (χ1) is 24.1. The molecule has 5 rings (SSSR count). The SMILES string of the molecule is CC(C)C(N)C(=O)[N@+]1(C(=O)N(C(=O)c2ccc(C(=O)NS(=O)(=O)c3ccccc3)cc2)C(C(C)C)C(O)c2nc3ccccc3o2)CCCC1C. The molecule has 0 radical (unpaired) electrons. The predicted molar refractivity (Wildman–Crippen MR) is 188 cm³/mol. The Hall–Kier alpha value is -4.76. The van der Waals surface area contributed by atoms with E-state index in [1.807, 2.05) is 4.72 Å². The Bertz CT molecular complexity index is 2000. The molecule has 13 nitrogen and oxygen atoms in total. The maximum atomic E-state index is 15.1. The molecule has 0 aliphatic carbocycles. The number of aliphatic hydroxyl groups is 1. The lowest BCUT2D eigenvalue weighted by molar-refractivity contribution is -0.789. The van der Waals surface area contributed by atoms with Gasteiger partial charge in [-0.2, -0.15) is 4.48 Å². The summed E-state index contributed by atoms with van der Waals surface area (Å²) in [6.45, 7) is 8.90. The number of imide groups is 2. The fourth-order valence-electron chi connectivity index (χ4n) is 6.59. The van der Waals surface area contributed by atoms with Crippen LogP contribution in [0, 0.1) is 11.8 Å². The van der Waals surface area contributed by atoms with Gasteiger partial charge < -0.3 is 15.3 Å². The molecule has 4 aromatic rings. The van der Waals surface area contributed by atoms with Crippen LogP contribution in [0.1, 0.15) is 80.2 Å². The quantitative estimate of drug-likeness (QED) is 0.193. The molecule has 3 aromatic carbocycles. The number of aliphatic hydroxyl groups excluding tert-OH is 1. The molecule has 2 heterocycles. The normalized spacial score (nSPS) is 19.5. The Morgan fingerprint density at radius 2 is 1.53 bits per heavy atom. The van der Waals surface area contributed by atoms with Crippen LogP contribution < -0.4 is 10.5 Å². The second kappa shape index (κ2) is 14.8. The van der Waals surface area contributed by atoms with Crippen molar-refractivity contribution in [2.45, 2.75) is 76.6 Å². The summed E-state index contributed by atoms with van der Waals surface area (Å²) < 4.78 is 32.7.